The van der Waals surface area contributed by atoms with Gasteiger partial charge in [0.1, 0.15) is 0 Å². The largest absolute Gasteiger partial charge is 0.296 e. The number of thioether (sulfide) groups is 1. The Kier molecular flexibility index (Phi) is 4.07. The van der Waals surface area contributed by atoms with Gasteiger partial charge in [-0.05, 0) is 12.3 Å². The van der Waals surface area contributed by atoms with Gasteiger partial charge in [-0.15, -0.1) is 10.2 Å². The number of hydrogen-bond donors (Lipinski definition) is 1. The van der Waals surface area contributed by atoms with Crippen molar-refractivity contribution in [2.45, 2.75) is 4.34 Å². The average Bonchev–Trinajstić information content (AvgIpc) is 2.86. The van der Waals surface area contributed by atoms with Gasteiger partial charge >= 0.3 is 0 Å². The van der Waals surface area contributed by atoms with Crippen LogP contribution in [-0.2, 0) is 0 Å². The zero-order chi connectivity index (χ0) is 13.8. The third-order valence-electron chi connectivity index (χ3n) is 2.12. The van der Waals surface area contributed by atoms with Crippen LogP contribution < -0.4 is 5.32 Å². The molecule has 1 aromatic heterocycles. The van der Waals surface area contributed by atoms with E-state index in [4.69, 9.17) is 0 Å². The van der Waals surface area contributed by atoms with E-state index in [0.717, 1.165) is 4.34 Å². The van der Waals surface area contributed by atoms with Crippen LogP contribution in [0.5, 0.6) is 0 Å². The van der Waals surface area contributed by atoms with Crippen LogP contribution in [0, 0.1) is 10.1 Å². The maximum Gasteiger partial charge on any atom is 0.270 e. The quantitative estimate of drug-likeness (QED) is 0.402. The fourth-order valence-corrected chi connectivity index (χ4v) is 2.44. The number of aromatic nitrogens is 2. The molecule has 0 saturated carbocycles. The molecule has 1 heterocycles. The number of amides is 1. The molecule has 0 unspecified atom stereocenters. The van der Waals surface area contributed by atoms with Crippen LogP contribution in [0.3, 0.4) is 0 Å². The normalized spacial score (nSPS) is 10.2. The van der Waals surface area contributed by atoms with E-state index in [0.29, 0.717) is 5.13 Å². The Bertz CT molecular complexity index is 629. The smallest absolute Gasteiger partial charge is 0.270 e. The van der Waals surface area contributed by atoms with Crippen molar-refractivity contribution in [3.8, 4) is 0 Å². The second-order valence-electron chi connectivity index (χ2n) is 3.34. The number of nitrogens with one attached hydrogen (secondary N) is 1. The molecule has 19 heavy (non-hydrogen) atoms. The highest BCUT2D eigenvalue weighted by Gasteiger charge is 2.13. The first-order valence-electron chi connectivity index (χ1n) is 5.03. The second kappa shape index (κ2) is 5.76. The number of nitro benzene ring substituents is 1. The molecule has 98 valence electrons. The maximum absolute atomic E-state index is 11.9. The molecule has 9 heteroatoms. The zero-order valence-corrected chi connectivity index (χ0v) is 11.3. The van der Waals surface area contributed by atoms with Crippen LogP contribution >= 0.6 is 23.1 Å². The van der Waals surface area contributed by atoms with Gasteiger partial charge in [0.05, 0.1) is 4.92 Å². The SMILES string of the molecule is CSc1nnc(NC(=O)c2cccc([N+](=O)[O-])c2)s1. The summed E-state index contributed by atoms with van der Waals surface area (Å²) in [4.78, 5) is 22.0. The van der Waals surface area contributed by atoms with Crippen molar-refractivity contribution >= 4 is 39.8 Å². The first-order valence-corrected chi connectivity index (χ1v) is 7.07. The number of non-ortho nitro benzene ring substituents is 1. The summed E-state index contributed by atoms with van der Waals surface area (Å²) in [6.07, 6.45) is 1.85. The van der Waals surface area contributed by atoms with Crippen molar-refractivity contribution in [2.75, 3.05) is 11.6 Å². The van der Waals surface area contributed by atoms with Gasteiger partial charge in [-0.3, -0.25) is 20.2 Å². The summed E-state index contributed by atoms with van der Waals surface area (Å²) < 4.78 is 0.731. The molecule has 0 spiro atoms. The van der Waals surface area contributed by atoms with Crippen LogP contribution in [0.4, 0.5) is 10.8 Å². The van der Waals surface area contributed by atoms with Gasteiger partial charge < -0.3 is 0 Å². The van der Waals surface area contributed by atoms with Gasteiger partial charge in [0.2, 0.25) is 5.13 Å². The molecule has 1 N–H and O–H groups in total. The predicted molar refractivity (Wildman–Crippen MR) is 72.7 cm³/mol. The van der Waals surface area contributed by atoms with E-state index in [2.05, 4.69) is 15.5 Å². The summed E-state index contributed by atoms with van der Waals surface area (Å²) in [6.45, 7) is 0. The monoisotopic (exact) mass is 296 g/mol. The molecule has 0 radical (unpaired) electrons. The highest BCUT2D eigenvalue weighted by Crippen LogP contribution is 2.23. The van der Waals surface area contributed by atoms with Crippen LogP contribution in [0.15, 0.2) is 28.6 Å². The fourth-order valence-electron chi connectivity index (χ4n) is 1.27. The minimum Gasteiger partial charge on any atom is -0.296 e. The molecule has 1 aromatic carbocycles. The van der Waals surface area contributed by atoms with Crippen molar-refractivity contribution in [1.82, 2.24) is 10.2 Å². The standard InChI is InChI=1S/C10H8N4O3S2/c1-18-10-13-12-9(19-10)11-8(15)6-3-2-4-7(5-6)14(16)17/h2-5H,1H3,(H,11,12,15). The summed E-state index contributed by atoms with van der Waals surface area (Å²) in [5.74, 6) is -0.451. The number of nitrogens with zero attached hydrogens (tertiary/aromatic N) is 3. The number of nitro groups is 1. The number of carbonyl (C=O) groups excluding carboxylic acids is 1. The Labute approximate surface area is 116 Å². The summed E-state index contributed by atoms with van der Waals surface area (Å²) in [5.41, 5.74) is 0.0739. The molecule has 0 atom stereocenters. The number of hydrogen-bond acceptors (Lipinski definition) is 7. The van der Waals surface area contributed by atoms with E-state index >= 15 is 0 Å². The number of benzene rings is 1. The third kappa shape index (κ3) is 3.26. The van der Waals surface area contributed by atoms with E-state index in [1.54, 1.807) is 0 Å². The molecule has 0 aliphatic rings. The van der Waals surface area contributed by atoms with Crippen molar-refractivity contribution in [3.63, 3.8) is 0 Å². The summed E-state index contributed by atoms with van der Waals surface area (Å²) in [5, 5.41) is 21.2. The first kappa shape index (κ1) is 13.4. The van der Waals surface area contributed by atoms with Crippen LogP contribution in [0.25, 0.3) is 0 Å². The summed E-state index contributed by atoms with van der Waals surface area (Å²) >= 11 is 2.66. The van der Waals surface area contributed by atoms with Crippen LogP contribution in [-0.4, -0.2) is 27.3 Å². The Morgan fingerprint density at radius 1 is 1.47 bits per heavy atom. The van der Waals surface area contributed by atoms with Gasteiger partial charge in [-0.2, -0.15) is 0 Å². The van der Waals surface area contributed by atoms with Crippen molar-refractivity contribution < 1.29 is 9.72 Å². The van der Waals surface area contributed by atoms with E-state index in [9.17, 15) is 14.9 Å². The van der Waals surface area contributed by atoms with E-state index in [-0.39, 0.29) is 11.3 Å². The lowest BCUT2D eigenvalue weighted by Gasteiger charge is -2.00. The van der Waals surface area contributed by atoms with Gasteiger partial charge in [0.15, 0.2) is 4.34 Å². The van der Waals surface area contributed by atoms with Crippen molar-refractivity contribution in [1.29, 1.82) is 0 Å². The van der Waals surface area contributed by atoms with Crippen LogP contribution in [0.2, 0.25) is 0 Å². The fraction of sp³-hybridized carbons (Fsp3) is 0.100. The van der Waals surface area contributed by atoms with Crippen molar-refractivity contribution in [3.05, 3.63) is 39.9 Å². The Morgan fingerprint density at radius 3 is 2.89 bits per heavy atom. The van der Waals surface area contributed by atoms with Crippen LogP contribution in [0.1, 0.15) is 10.4 Å². The molecular formula is C10H8N4O3S2. The Hall–Kier alpha value is -2.00. The highest BCUT2D eigenvalue weighted by atomic mass is 32.2. The molecule has 2 rings (SSSR count). The van der Waals surface area contributed by atoms with Gasteiger partial charge in [-0.1, -0.05) is 29.2 Å². The maximum atomic E-state index is 11.9. The summed E-state index contributed by atoms with van der Waals surface area (Å²) in [7, 11) is 0. The lowest BCUT2D eigenvalue weighted by atomic mass is 10.2. The minimum absolute atomic E-state index is 0.130. The molecular weight excluding hydrogens is 288 g/mol. The number of carbonyl (C=O) groups is 1. The van der Waals surface area contributed by atoms with E-state index < -0.39 is 10.8 Å². The van der Waals surface area contributed by atoms with Crippen molar-refractivity contribution in [2.24, 2.45) is 0 Å². The first-order chi connectivity index (χ1) is 9.10. The number of rotatable bonds is 4. The zero-order valence-electron chi connectivity index (χ0n) is 9.69. The molecule has 2 aromatic rings. The molecule has 7 nitrogen and oxygen atoms in total. The third-order valence-corrected chi connectivity index (χ3v) is 3.93. The Morgan fingerprint density at radius 2 is 2.26 bits per heavy atom. The molecule has 0 saturated heterocycles. The van der Waals surface area contributed by atoms with Gasteiger partial charge in [0, 0.05) is 17.7 Å². The second-order valence-corrected chi connectivity index (χ2v) is 5.37. The molecule has 0 bridgehead atoms. The number of anilines is 1. The summed E-state index contributed by atoms with van der Waals surface area (Å²) in [6, 6.07) is 5.50. The van der Waals surface area contributed by atoms with E-state index in [1.165, 1.54) is 47.4 Å². The lowest BCUT2D eigenvalue weighted by Crippen LogP contribution is -2.11. The Balaban J connectivity index is 2.15. The van der Waals surface area contributed by atoms with Gasteiger partial charge in [0.25, 0.3) is 11.6 Å². The van der Waals surface area contributed by atoms with Gasteiger partial charge in [-0.25, -0.2) is 0 Å². The predicted octanol–water partition coefficient (Wildman–Crippen LogP) is 2.42. The average molecular weight is 296 g/mol. The molecule has 1 amide bonds. The molecule has 0 fully saturated rings. The van der Waals surface area contributed by atoms with E-state index in [1.807, 2.05) is 6.26 Å². The lowest BCUT2D eigenvalue weighted by molar-refractivity contribution is -0.384. The topological polar surface area (TPSA) is 98.0 Å². The molecule has 0 aliphatic heterocycles. The highest BCUT2D eigenvalue weighted by molar-refractivity contribution is 8.00. The molecule has 0 aliphatic carbocycles. The minimum atomic E-state index is -0.548.